The number of sulfonamides is 1. The van der Waals surface area contributed by atoms with Crippen molar-refractivity contribution in [2.75, 3.05) is 23.7 Å². The van der Waals surface area contributed by atoms with E-state index in [0.717, 1.165) is 19.7 Å². The number of halogens is 1. The molecule has 1 N–H and O–H groups in total. The van der Waals surface area contributed by atoms with Crippen molar-refractivity contribution >= 4 is 50.1 Å². The first kappa shape index (κ1) is 27.1. The molecule has 0 fully saturated rings. The van der Waals surface area contributed by atoms with Gasteiger partial charge in [0.2, 0.25) is 21.8 Å². The molecule has 0 saturated heterocycles. The molecule has 2 amide bonds. The summed E-state index contributed by atoms with van der Waals surface area (Å²) in [6.07, 6.45) is 2.05. The number of nitrogens with one attached hydrogen (secondary N) is 1. The Hall–Kier alpha value is -2.14. The Kier molecular flexibility index (Phi) is 10.2. The van der Waals surface area contributed by atoms with Gasteiger partial charge in [0.05, 0.1) is 11.9 Å². The molecular formula is C24H32IN3O4S. The maximum atomic E-state index is 13.5. The lowest BCUT2D eigenvalue weighted by atomic mass is 10.1. The largest absolute Gasteiger partial charge is 0.352 e. The number of hydrogen-bond donors (Lipinski definition) is 1. The molecule has 0 heterocycles. The highest BCUT2D eigenvalue weighted by molar-refractivity contribution is 14.1. The number of carbonyl (C=O) groups excluding carboxylic acids is 2. The van der Waals surface area contributed by atoms with Gasteiger partial charge in [-0.3, -0.25) is 13.9 Å². The predicted octanol–water partition coefficient (Wildman–Crippen LogP) is 3.43. The Morgan fingerprint density at radius 2 is 1.64 bits per heavy atom. The van der Waals surface area contributed by atoms with E-state index in [-0.39, 0.29) is 18.5 Å². The highest BCUT2D eigenvalue weighted by atomic mass is 127. The highest BCUT2D eigenvalue weighted by Gasteiger charge is 2.31. The number of anilines is 1. The zero-order chi connectivity index (χ0) is 24.6. The molecule has 9 heteroatoms. The molecule has 7 nitrogen and oxygen atoms in total. The van der Waals surface area contributed by atoms with E-state index in [1.165, 1.54) is 4.90 Å². The lowest BCUT2D eigenvalue weighted by Gasteiger charge is -2.33. The molecule has 0 bridgehead atoms. The molecule has 0 aliphatic carbocycles. The number of carbonyl (C=O) groups is 2. The second kappa shape index (κ2) is 12.4. The smallest absolute Gasteiger partial charge is 0.244 e. The fraction of sp³-hybridized carbons (Fsp3) is 0.417. The Morgan fingerprint density at radius 3 is 2.15 bits per heavy atom. The summed E-state index contributed by atoms with van der Waals surface area (Å²) in [6, 6.07) is 15.9. The third-order valence-corrected chi connectivity index (χ3v) is 6.95. The fourth-order valence-corrected chi connectivity index (χ4v) is 4.71. The number of benzene rings is 2. The Labute approximate surface area is 210 Å². The molecule has 0 saturated carbocycles. The first-order chi connectivity index (χ1) is 15.5. The third kappa shape index (κ3) is 8.29. The van der Waals surface area contributed by atoms with Gasteiger partial charge in [-0.15, -0.1) is 0 Å². The van der Waals surface area contributed by atoms with Crippen molar-refractivity contribution in [1.29, 1.82) is 0 Å². The Morgan fingerprint density at radius 1 is 1.03 bits per heavy atom. The van der Waals surface area contributed by atoms with Gasteiger partial charge in [0.1, 0.15) is 12.6 Å². The lowest BCUT2D eigenvalue weighted by molar-refractivity contribution is -0.139. The van der Waals surface area contributed by atoms with Gasteiger partial charge in [-0.1, -0.05) is 37.3 Å². The van der Waals surface area contributed by atoms with Gasteiger partial charge in [0.25, 0.3) is 0 Å². The van der Waals surface area contributed by atoms with E-state index < -0.39 is 22.0 Å². The summed E-state index contributed by atoms with van der Waals surface area (Å²) in [6.45, 7) is 5.50. The van der Waals surface area contributed by atoms with Gasteiger partial charge in [0, 0.05) is 16.2 Å². The highest BCUT2D eigenvalue weighted by Crippen LogP contribution is 2.20. The molecule has 0 unspecified atom stereocenters. The van der Waals surface area contributed by atoms with Crippen LogP contribution in [0.15, 0.2) is 54.6 Å². The van der Waals surface area contributed by atoms with Crippen LogP contribution in [0.3, 0.4) is 0 Å². The first-order valence-electron chi connectivity index (χ1n) is 10.9. The molecule has 2 rings (SSSR count). The standard InChI is InChI=1S/C24H32IN3O4S/c1-5-22(24(30)26-18(2)3)27(16-15-19-9-7-6-8-10-19)23(29)17-28(33(4,31)32)21-13-11-20(25)12-14-21/h6-14,18,22H,5,15-17H2,1-4H3,(H,26,30)/t22-/m0/s1. The van der Waals surface area contributed by atoms with Crippen LogP contribution in [0.25, 0.3) is 0 Å². The quantitative estimate of drug-likeness (QED) is 0.410. The number of amides is 2. The fourth-order valence-electron chi connectivity index (χ4n) is 3.50. The van der Waals surface area contributed by atoms with E-state index in [2.05, 4.69) is 27.9 Å². The zero-order valence-corrected chi connectivity index (χ0v) is 22.5. The molecule has 0 aromatic heterocycles. The van der Waals surface area contributed by atoms with Crippen LogP contribution in [0, 0.1) is 3.57 Å². The van der Waals surface area contributed by atoms with Gasteiger partial charge >= 0.3 is 0 Å². The molecule has 0 aliphatic heterocycles. The molecule has 1 atom stereocenters. The second-order valence-electron chi connectivity index (χ2n) is 8.16. The van der Waals surface area contributed by atoms with Gasteiger partial charge in [-0.2, -0.15) is 0 Å². The summed E-state index contributed by atoms with van der Waals surface area (Å²) in [5, 5.41) is 2.88. The molecule has 2 aromatic rings. The van der Waals surface area contributed by atoms with Crippen molar-refractivity contribution in [3.63, 3.8) is 0 Å². The van der Waals surface area contributed by atoms with Gasteiger partial charge in [-0.05, 0) is 79.1 Å². The maximum Gasteiger partial charge on any atom is 0.244 e. The minimum atomic E-state index is -3.72. The first-order valence-corrected chi connectivity index (χ1v) is 13.8. The van der Waals surface area contributed by atoms with Crippen molar-refractivity contribution in [1.82, 2.24) is 10.2 Å². The summed E-state index contributed by atoms with van der Waals surface area (Å²) in [7, 11) is -3.72. The van der Waals surface area contributed by atoms with Crippen LogP contribution < -0.4 is 9.62 Å². The van der Waals surface area contributed by atoms with Gasteiger partial charge < -0.3 is 10.2 Å². The van der Waals surface area contributed by atoms with E-state index in [1.54, 1.807) is 24.3 Å². The molecule has 33 heavy (non-hydrogen) atoms. The van der Waals surface area contributed by atoms with Crippen molar-refractivity contribution in [3.8, 4) is 0 Å². The van der Waals surface area contributed by atoms with Gasteiger partial charge in [-0.25, -0.2) is 8.42 Å². The van der Waals surface area contributed by atoms with Crippen molar-refractivity contribution in [2.45, 2.75) is 45.7 Å². The number of rotatable bonds is 11. The van der Waals surface area contributed by atoms with E-state index in [1.807, 2.05) is 51.1 Å². The van der Waals surface area contributed by atoms with E-state index >= 15 is 0 Å². The SMILES string of the molecule is CC[C@@H](C(=O)NC(C)C)N(CCc1ccccc1)C(=O)CN(c1ccc(I)cc1)S(C)(=O)=O. The summed E-state index contributed by atoms with van der Waals surface area (Å²) in [4.78, 5) is 27.9. The second-order valence-corrected chi connectivity index (χ2v) is 11.3. The van der Waals surface area contributed by atoms with Crippen LogP contribution in [0.4, 0.5) is 5.69 Å². The van der Waals surface area contributed by atoms with Crippen LogP contribution >= 0.6 is 22.6 Å². The normalized spacial score (nSPS) is 12.3. The average Bonchev–Trinajstić information content (AvgIpc) is 2.75. The van der Waals surface area contributed by atoms with Crippen LogP contribution in [0.5, 0.6) is 0 Å². The van der Waals surface area contributed by atoms with Crippen molar-refractivity contribution in [2.24, 2.45) is 0 Å². The predicted molar refractivity (Wildman–Crippen MR) is 141 cm³/mol. The molecule has 2 aromatic carbocycles. The lowest BCUT2D eigenvalue weighted by Crippen LogP contribution is -2.54. The summed E-state index contributed by atoms with van der Waals surface area (Å²) in [5.41, 5.74) is 1.45. The van der Waals surface area contributed by atoms with Crippen LogP contribution in [-0.2, 0) is 26.0 Å². The molecule has 0 radical (unpaired) electrons. The third-order valence-electron chi connectivity index (χ3n) is 5.09. The zero-order valence-electron chi connectivity index (χ0n) is 19.5. The monoisotopic (exact) mass is 585 g/mol. The summed E-state index contributed by atoms with van der Waals surface area (Å²) >= 11 is 2.14. The summed E-state index contributed by atoms with van der Waals surface area (Å²) in [5.74, 6) is -0.658. The van der Waals surface area contributed by atoms with Crippen LogP contribution in [0.2, 0.25) is 0 Å². The van der Waals surface area contributed by atoms with Crippen LogP contribution in [-0.4, -0.2) is 56.6 Å². The van der Waals surface area contributed by atoms with E-state index in [4.69, 9.17) is 0 Å². The minimum Gasteiger partial charge on any atom is -0.352 e. The number of nitrogens with zero attached hydrogens (tertiary/aromatic N) is 2. The topological polar surface area (TPSA) is 86.8 Å². The summed E-state index contributed by atoms with van der Waals surface area (Å²) < 4.78 is 27.1. The van der Waals surface area contributed by atoms with Crippen LogP contribution in [0.1, 0.15) is 32.8 Å². The van der Waals surface area contributed by atoms with Crippen molar-refractivity contribution in [3.05, 3.63) is 63.7 Å². The van der Waals surface area contributed by atoms with E-state index in [9.17, 15) is 18.0 Å². The minimum absolute atomic E-state index is 0.0723. The van der Waals surface area contributed by atoms with Gasteiger partial charge in [0.15, 0.2) is 0 Å². The number of hydrogen-bond acceptors (Lipinski definition) is 4. The Balaban J connectivity index is 2.34. The van der Waals surface area contributed by atoms with Crippen molar-refractivity contribution < 1.29 is 18.0 Å². The maximum absolute atomic E-state index is 13.5. The Bertz CT molecular complexity index is 1030. The molecule has 180 valence electrons. The molecule has 0 aliphatic rings. The molecular weight excluding hydrogens is 553 g/mol. The van der Waals surface area contributed by atoms with E-state index in [0.29, 0.717) is 25.1 Å². The average molecular weight is 586 g/mol. The molecule has 0 spiro atoms.